The molecule has 106 valence electrons. The van der Waals surface area contributed by atoms with Crippen LogP contribution < -0.4 is 5.32 Å². The van der Waals surface area contributed by atoms with E-state index >= 15 is 0 Å². The highest BCUT2D eigenvalue weighted by molar-refractivity contribution is 5.32. The highest BCUT2D eigenvalue weighted by atomic mass is 14.9. The predicted molar refractivity (Wildman–Crippen MR) is 87.1 cm³/mol. The predicted octanol–water partition coefficient (Wildman–Crippen LogP) is 4.59. The summed E-state index contributed by atoms with van der Waals surface area (Å²) in [5.74, 6) is 0. The molecule has 0 spiro atoms. The van der Waals surface area contributed by atoms with E-state index in [-0.39, 0.29) is 0 Å². The first-order chi connectivity index (χ1) is 9.70. The van der Waals surface area contributed by atoms with Crippen molar-refractivity contribution in [3.63, 3.8) is 0 Å². The molecule has 0 aliphatic rings. The first-order valence-corrected chi connectivity index (χ1v) is 7.55. The van der Waals surface area contributed by atoms with Gasteiger partial charge in [0.15, 0.2) is 0 Å². The Kier molecular flexibility index (Phi) is 5.37. The molecule has 0 fully saturated rings. The Bertz CT molecular complexity index is 531. The molecule has 0 heterocycles. The lowest BCUT2D eigenvalue weighted by atomic mass is 9.96. The van der Waals surface area contributed by atoms with Crippen LogP contribution in [0.5, 0.6) is 0 Å². The van der Waals surface area contributed by atoms with Crippen LogP contribution in [0.25, 0.3) is 0 Å². The summed E-state index contributed by atoms with van der Waals surface area (Å²) in [7, 11) is 0. The van der Waals surface area contributed by atoms with Crippen molar-refractivity contribution in [2.45, 2.75) is 39.7 Å². The van der Waals surface area contributed by atoms with Crippen molar-refractivity contribution in [3.05, 3.63) is 70.8 Å². The van der Waals surface area contributed by atoms with Crippen LogP contribution in [0.2, 0.25) is 0 Å². The average Bonchev–Trinajstić information content (AvgIpc) is 2.47. The van der Waals surface area contributed by atoms with E-state index < -0.39 is 0 Å². The second kappa shape index (κ2) is 7.25. The lowest BCUT2D eigenvalue weighted by molar-refractivity contribution is 0.515. The minimum atomic E-state index is 0.444. The van der Waals surface area contributed by atoms with Gasteiger partial charge >= 0.3 is 0 Å². The summed E-state index contributed by atoms with van der Waals surface area (Å²) < 4.78 is 0. The van der Waals surface area contributed by atoms with Gasteiger partial charge < -0.3 is 5.32 Å². The second-order valence-electron chi connectivity index (χ2n) is 5.48. The van der Waals surface area contributed by atoms with Crippen LogP contribution in [0, 0.1) is 13.8 Å². The zero-order valence-electron chi connectivity index (χ0n) is 12.8. The quantitative estimate of drug-likeness (QED) is 0.807. The Labute approximate surface area is 123 Å². The second-order valence-corrected chi connectivity index (χ2v) is 5.48. The van der Waals surface area contributed by atoms with Gasteiger partial charge in [-0.25, -0.2) is 0 Å². The van der Waals surface area contributed by atoms with Crippen molar-refractivity contribution in [2.75, 3.05) is 6.54 Å². The van der Waals surface area contributed by atoms with Gasteiger partial charge in [0.25, 0.3) is 0 Å². The fourth-order valence-corrected chi connectivity index (χ4v) is 2.57. The molecule has 2 rings (SSSR count). The molecule has 0 radical (unpaired) electrons. The van der Waals surface area contributed by atoms with Crippen molar-refractivity contribution in [2.24, 2.45) is 0 Å². The molecule has 2 aromatic rings. The van der Waals surface area contributed by atoms with Gasteiger partial charge in [0.2, 0.25) is 0 Å². The van der Waals surface area contributed by atoms with Crippen molar-refractivity contribution in [3.8, 4) is 0 Å². The van der Waals surface area contributed by atoms with Gasteiger partial charge in [0, 0.05) is 6.04 Å². The topological polar surface area (TPSA) is 12.0 Å². The molecular weight excluding hydrogens is 242 g/mol. The maximum Gasteiger partial charge on any atom is 0.0323 e. The number of aryl methyl sites for hydroxylation is 3. The number of benzene rings is 2. The zero-order valence-corrected chi connectivity index (χ0v) is 12.8. The average molecular weight is 267 g/mol. The van der Waals surface area contributed by atoms with Crippen LogP contribution in [-0.2, 0) is 6.42 Å². The van der Waals surface area contributed by atoms with Crippen molar-refractivity contribution >= 4 is 0 Å². The van der Waals surface area contributed by atoms with Crippen LogP contribution >= 0.6 is 0 Å². The summed E-state index contributed by atoms with van der Waals surface area (Å²) >= 11 is 0. The normalized spacial score (nSPS) is 12.3. The Morgan fingerprint density at radius 1 is 0.950 bits per heavy atom. The first-order valence-electron chi connectivity index (χ1n) is 7.55. The fourth-order valence-electron chi connectivity index (χ4n) is 2.57. The van der Waals surface area contributed by atoms with E-state index in [4.69, 9.17) is 0 Å². The Hall–Kier alpha value is -1.60. The van der Waals surface area contributed by atoms with E-state index in [0.717, 1.165) is 19.4 Å². The number of nitrogens with one attached hydrogen (secondary N) is 1. The standard InChI is InChI=1S/C19H25N/c1-4-20-19(13-11-17-8-6-5-7-9-17)18-12-10-15(2)16(3)14-18/h5-10,12,14,19-20H,4,11,13H2,1-3H3. The molecule has 2 aromatic carbocycles. The molecule has 0 aliphatic heterocycles. The Morgan fingerprint density at radius 2 is 1.70 bits per heavy atom. The van der Waals surface area contributed by atoms with Gasteiger partial charge in [-0.3, -0.25) is 0 Å². The highest BCUT2D eigenvalue weighted by Gasteiger charge is 2.11. The van der Waals surface area contributed by atoms with Crippen molar-refractivity contribution in [1.82, 2.24) is 5.32 Å². The van der Waals surface area contributed by atoms with Crippen LogP contribution in [0.4, 0.5) is 0 Å². The minimum Gasteiger partial charge on any atom is -0.310 e. The van der Waals surface area contributed by atoms with Gasteiger partial charge in [-0.2, -0.15) is 0 Å². The van der Waals surface area contributed by atoms with E-state index in [1.54, 1.807) is 0 Å². The van der Waals surface area contributed by atoms with Gasteiger partial charge in [0.1, 0.15) is 0 Å². The SMILES string of the molecule is CCNC(CCc1ccccc1)c1ccc(C)c(C)c1. The third-order valence-corrected chi connectivity index (χ3v) is 3.95. The molecule has 1 nitrogen and oxygen atoms in total. The summed E-state index contributed by atoms with van der Waals surface area (Å²) in [6, 6.07) is 18.0. The van der Waals surface area contributed by atoms with Crippen LogP contribution in [-0.4, -0.2) is 6.54 Å². The summed E-state index contributed by atoms with van der Waals surface area (Å²) in [5, 5.41) is 3.62. The highest BCUT2D eigenvalue weighted by Crippen LogP contribution is 2.21. The zero-order chi connectivity index (χ0) is 14.4. The monoisotopic (exact) mass is 267 g/mol. The fraction of sp³-hybridized carbons (Fsp3) is 0.368. The molecule has 1 N–H and O–H groups in total. The summed E-state index contributed by atoms with van der Waals surface area (Å²) in [4.78, 5) is 0. The van der Waals surface area contributed by atoms with E-state index in [9.17, 15) is 0 Å². The van der Waals surface area contributed by atoms with E-state index in [2.05, 4.69) is 74.6 Å². The maximum absolute atomic E-state index is 3.62. The van der Waals surface area contributed by atoms with E-state index in [0.29, 0.717) is 6.04 Å². The smallest absolute Gasteiger partial charge is 0.0323 e. The summed E-state index contributed by atoms with van der Waals surface area (Å²) in [6.45, 7) is 7.55. The number of hydrogen-bond acceptors (Lipinski definition) is 1. The third-order valence-electron chi connectivity index (χ3n) is 3.95. The lowest BCUT2D eigenvalue weighted by Gasteiger charge is -2.19. The van der Waals surface area contributed by atoms with Crippen LogP contribution in [0.3, 0.4) is 0 Å². The number of hydrogen-bond donors (Lipinski definition) is 1. The molecule has 0 aromatic heterocycles. The van der Waals surface area contributed by atoms with Crippen LogP contribution in [0.1, 0.15) is 41.6 Å². The van der Waals surface area contributed by atoms with Gasteiger partial charge in [-0.1, -0.05) is 55.5 Å². The molecule has 0 saturated carbocycles. The lowest BCUT2D eigenvalue weighted by Crippen LogP contribution is -2.21. The molecule has 20 heavy (non-hydrogen) atoms. The van der Waals surface area contributed by atoms with Crippen molar-refractivity contribution in [1.29, 1.82) is 0 Å². The Balaban J connectivity index is 2.08. The maximum atomic E-state index is 3.62. The van der Waals surface area contributed by atoms with Gasteiger partial charge in [-0.05, 0) is 55.5 Å². The van der Waals surface area contributed by atoms with E-state index in [1.165, 1.54) is 22.3 Å². The summed E-state index contributed by atoms with van der Waals surface area (Å²) in [5.41, 5.74) is 5.57. The summed E-state index contributed by atoms with van der Waals surface area (Å²) in [6.07, 6.45) is 2.26. The van der Waals surface area contributed by atoms with Gasteiger partial charge in [0.05, 0.1) is 0 Å². The molecule has 0 aliphatic carbocycles. The Morgan fingerprint density at radius 3 is 2.35 bits per heavy atom. The molecule has 0 bridgehead atoms. The van der Waals surface area contributed by atoms with Gasteiger partial charge in [-0.15, -0.1) is 0 Å². The van der Waals surface area contributed by atoms with Crippen molar-refractivity contribution < 1.29 is 0 Å². The van der Waals surface area contributed by atoms with Crippen LogP contribution in [0.15, 0.2) is 48.5 Å². The molecule has 1 heteroatoms. The third kappa shape index (κ3) is 3.94. The molecule has 1 atom stereocenters. The largest absolute Gasteiger partial charge is 0.310 e. The number of rotatable bonds is 6. The first kappa shape index (κ1) is 14.8. The molecule has 0 saturated heterocycles. The van der Waals surface area contributed by atoms with E-state index in [1.807, 2.05) is 0 Å². The molecular formula is C19H25N. The minimum absolute atomic E-state index is 0.444. The molecule has 1 unspecified atom stereocenters. The molecule has 0 amide bonds.